The molecule has 3 rings (SSSR count). The summed E-state index contributed by atoms with van der Waals surface area (Å²) in [6.07, 6.45) is -1.33. The lowest BCUT2D eigenvalue weighted by Crippen LogP contribution is -2.73. The summed E-state index contributed by atoms with van der Waals surface area (Å²) in [7, 11) is 3.00. The number of nitrogens with zero attached hydrogens (tertiary/aromatic N) is 2. The molecular formula is C42H67N6O10+. The van der Waals surface area contributed by atoms with E-state index in [4.69, 9.17) is 9.47 Å². The van der Waals surface area contributed by atoms with Crippen LogP contribution in [0, 0.1) is 23.7 Å². The van der Waals surface area contributed by atoms with Crippen molar-refractivity contribution in [1.82, 2.24) is 25.8 Å². The van der Waals surface area contributed by atoms with Crippen LogP contribution in [-0.4, -0.2) is 125 Å². The van der Waals surface area contributed by atoms with Crippen molar-refractivity contribution in [1.29, 1.82) is 0 Å². The number of methoxy groups -OCH3 is 1. The molecule has 2 heterocycles. The van der Waals surface area contributed by atoms with Gasteiger partial charge in [0, 0.05) is 20.0 Å². The zero-order valence-corrected chi connectivity index (χ0v) is 35.9. The number of nitrogens with one attached hydrogen (secondary N) is 3. The van der Waals surface area contributed by atoms with Gasteiger partial charge in [0.05, 0.1) is 37.6 Å². The van der Waals surface area contributed by atoms with Gasteiger partial charge in [-0.15, -0.1) is 0 Å². The molecule has 324 valence electrons. The van der Waals surface area contributed by atoms with Gasteiger partial charge in [-0.25, -0.2) is 4.79 Å². The number of carbonyl (C=O) groups excluding carboxylic acids is 7. The lowest BCUT2D eigenvalue weighted by molar-refractivity contribution is -0.419. The zero-order chi connectivity index (χ0) is 43.6. The Morgan fingerprint density at radius 1 is 0.931 bits per heavy atom. The second kappa shape index (κ2) is 21.4. The molecule has 1 aromatic carbocycles. The number of quaternary nitrogens is 1. The minimum atomic E-state index is -1.38. The van der Waals surface area contributed by atoms with Crippen molar-refractivity contribution in [3.63, 3.8) is 0 Å². The van der Waals surface area contributed by atoms with Crippen LogP contribution in [0.5, 0.6) is 5.75 Å². The molecule has 10 atom stereocenters. The van der Waals surface area contributed by atoms with Gasteiger partial charge in [0.2, 0.25) is 29.7 Å². The Hall–Kier alpha value is -4.57. The summed E-state index contributed by atoms with van der Waals surface area (Å²) in [5.74, 6) is -5.84. The molecular weight excluding hydrogens is 748 g/mol. The fourth-order valence-corrected chi connectivity index (χ4v) is 7.44. The van der Waals surface area contributed by atoms with Crippen LogP contribution < -0.4 is 26.4 Å². The Morgan fingerprint density at radius 3 is 2.14 bits per heavy atom. The molecule has 0 aliphatic carbocycles. The SMILES string of the molecule is CC[C@H](C)[C@H]1NC(=O)[C@@H]([NH3+])[C@@H](C)OC(=O)[C@H](Cc2ccc(OC)cc2)N(C)C(=O)[C@@H]2CCCN2C(=O)[C@H](CC(C)C)NC(=O)[C@@H](C)C(=O)[C@H](C(C)C)NC(=O)C[C@@H]1O. The summed E-state index contributed by atoms with van der Waals surface area (Å²) < 4.78 is 11.2. The van der Waals surface area contributed by atoms with E-state index in [0.29, 0.717) is 30.6 Å². The molecule has 0 unspecified atom stereocenters. The van der Waals surface area contributed by atoms with Crippen molar-refractivity contribution in [2.45, 2.75) is 142 Å². The highest BCUT2D eigenvalue weighted by Gasteiger charge is 2.43. The van der Waals surface area contributed by atoms with E-state index in [-0.39, 0.29) is 31.2 Å². The summed E-state index contributed by atoms with van der Waals surface area (Å²) in [5, 5.41) is 19.6. The topological polar surface area (TPSA) is 228 Å². The Kier molecular flexibility index (Phi) is 17.7. The Bertz CT molecular complexity index is 1620. The lowest BCUT2D eigenvalue weighted by atomic mass is 9.89. The van der Waals surface area contributed by atoms with Gasteiger partial charge in [0.25, 0.3) is 5.91 Å². The van der Waals surface area contributed by atoms with Crippen molar-refractivity contribution < 1.29 is 53.9 Å². The number of carbonyl (C=O) groups is 7. The molecule has 16 heteroatoms. The van der Waals surface area contributed by atoms with Crippen LogP contribution in [0.4, 0.5) is 0 Å². The van der Waals surface area contributed by atoms with E-state index in [0.717, 1.165) is 0 Å². The number of ketones is 1. The number of amides is 5. The van der Waals surface area contributed by atoms with Gasteiger partial charge in [-0.05, 0) is 68.6 Å². The smallest absolute Gasteiger partial charge is 0.329 e. The molecule has 0 saturated carbocycles. The Labute approximate surface area is 342 Å². The molecule has 5 amide bonds. The summed E-state index contributed by atoms with van der Waals surface area (Å²) in [6.45, 7) is 14.0. The van der Waals surface area contributed by atoms with E-state index in [1.807, 2.05) is 20.8 Å². The van der Waals surface area contributed by atoms with Gasteiger partial charge in [0.1, 0.15) is 23.9 Å². The highest BCUT2D eigenvalue weighted by Crippen LogP contribution is 2.25. The molecule has 16 nitrogen and oxygen atoms in total. The first-order valence-electron chi connectivity index (χ1n) is 20.6. The zero-order valence-electron chi connectivity index (χ0n) is 35.9. The number of likely N-dealkylation sites (N-methyl/N-ethyl adjacent to an activating group) is 1. The number of hydrogen-bond donors (Lipinski definition) is 5. The van der Waals surface area contributed by atoms with E-state index in [2.05, 4.69) is 21.7 Å². The van der Waals surface area contributed by atoms with Crippen LogP contribution in [0.15, 0.2) is 24.3 Å². The van der Waals surface area contributed by atoms with E-state index in [9.17, 15) is 38.7 Å². The second-order valence-corrected chi connectivity index (χ2v) is 16.8. The second-order valence-electron chi connectivity index (χ2n) is 16.8. The Balaban J connectivity index is 2.11. The molecule has 2 saturated heterocycles. The van der Waals surface area contributed by atoms with Gasteiger partial charge in [-0.1, -0.05) is 60.1 Å². The van der Waals surface area contributed by atoms with E-state index < -0.39 is 108 Å². The number of fused-ring (bicyclic) bond motifs is 1. The third kappa shape index (κ3) is 12.2. The Morgan fingerprint density at radius 2 is 1.57 bits per heavy atom. The number of hydrogen-bond acceptors (Lipinski definition) is 10. The molecule has 0 aromatic heterocycles. The number of rotatable bonds is 8. The minimum Gasteiger partial charge on any atom is -0.497 e. The van der Waals surface area contributed by atoms with Gasteiger partial charge < -0.3 is 46.1 Å². The fraction of sp³-hybridized carbons (Fsp3) is 0.690. The maximum atomic E-state index is 14.4. The first-order valence-corrected chi connectivity index (χ1v) is 20.6. The summed E-state index contributed by atoms with van der Waals surface area (Å²) in [5.41, 5.74) is 4.66. The van der Waals surface area contributed by atoms with Crippen molar-refractivity contribution in [2.24, 2.45) is 23.7 Å². The average Bonchev–Trinajstić information content (AvgIpc) is 3.68. The summed E-state index contributed by atoms with van der Waals surface area (Å²) in [6, 6.07) is 0.602. The third-order valence-electron chi connectivity index (χ3n) is 11.5. The van der Waals surface area contributed by atoms with Crippen LogP contribution in [0.3, 0.4) is 0 Å². The van der Waals surface area contributed by atoms with Crippen LogP contribution in [-0.2, 0) is 44.7 Å². The molecule has 2 fully saturated rings. The van der Waals surface area contributed by atoms with Crippen LogP contribution in [0.25, 0.3) is 0 Å². The van der Waals surface area contributed by atoms with E-state index >= 15 is 0 Å². The molecule has 0 bridgehead atoms. The van der Waals surface area contributed by atoms with Crippen LogP contribution in [0.2, 0.25) is 0 Å². The predicted molar refractivity (Wildman–Crippen MR) is 215 cm³/mol. The molecule has 1 aromatic rings. The standard InChI is InChI=1S/C42H66N6O10/c1-11-24(6)36-32(49)21-33(50)45-35(23(4)5)37(51)25(7)38(52)44-29(19-22(2)3)40(54)48-18-12-13-30(48)41(55)47(9)31(20-27-14-16-28(57-10)17-15-27)42(56)58-26(8)34(43)39(53)46-36/h14-17,22-26,29-32,34-36,49H,11-13,18-21,43H2,1-10H3,(H,44,52)(H,45,50)(H,46,53)/p+1/t24-,25-,26+,29-,30-,31-,32-,34-,35-,36+/m0/s1. The number of ether oxygens (including phenoxy) is 2. The normalized spacial score (nSPS) is 29.8. The quantitative estimate of drug-likeness (QED) is 0.183. The highest BCUT2D eigenvalue weighted by atomic mass is 16.5. The van der Waals surface area contributed by atoms with Gasteiger partial charge >= 0.3 is 5.97 Å². The summed E-state index contributed by atoms with van der Waals surface area (Å²) in [4.78, 5) is 100. The van der Waals surface area contributed by atoms with Gasteiger partial charge in [0.15, 0.2) is 11.9 Å². The number of cyclic esters (lactones) is 1. The van der Waals surface area contributed by atoms with Crippen molar-refractivity contribution in [2.75, 3.05) is 20.7 Å². The monoisotopic (exact) mass is 815 g/mol. The van der Waals surface area contributed by atoms with E-state index in [1.165, 1.54) is 37.8 Å². The molecule has 0 spiro atoms. The van der Waals surface area contributed by atoms with Gasteiger partial charge in [-0.2, -0.15) is 0 Å². The minimum absolute atomic E-state index is 0.0339. The predicted octanol–water partition coefficient (Wildman–Crippen LogP) is 0.770. The number of Topliss-reactive ketones (excluding diaryl/α,β-unsaturated/α-hetero) is 1. The maximum absolute atomic E-state index is 14.4. The molecule has 58 heavy (non-hydrogen) atoms. The van der Waals surface area contributed by atoms with Crippen molar-refractivity contribution >= 4 is 41.3 Å². The fourth-order valence-electron chi connectivity index (χ4n) is 7.44. The first-order chi connectivity index (χ1) is 27.2. The van der Waals surface area contributed by atoms with Crippen molar-refractivity contribution in [3.05, 3.63) is 29.8 Å². The van der Waals surface area contributed by atoms with Crippen molar-refractivity contribution in [3.8, 4) is 5.75 Å². The largest absolute Gasteiger partial charge is 0.497 e. The molecule has 0 radical (unpaired) electrons. The number of aliphatic hydroxyl groups excluding tert-OH is 1. The molecule has 2 aliphatic heterocycles. The maximum Gasteiger partial charge on any atom is 0.329 e. The lowest BCUT2D eigenvalue weighted by Gasteiger charge is -2.34. The summed E-state index contributed by atoms with van der Waals surface area (Å²) >= 11 is 0. The number of aliphatic hydroxyl groups is 1. The average molecular weight is 816 g/mol. The molecule has 7 N–H and O–H groups in total. The first kappa shape index (κ1) is 47.8. The van der Waals surface area contributed by atoms with Crippen LogP contribution in [0.1, 0.15) is 93.1 Å². The van der Waals surface area contributed by atoms with Crippen LogP contribution >= 0.6 is 0 Å². The number of esters is 1. The highest BCUT2D eigenvalue weighted by molar-refractivity contribution is 6.06. The molecule has 2 aliphatic rings. The third-order valence-corrected chi connectivity index (χ3v) is 11.5. The van der Waals surface area contributed by atoms with E-state index in [1.54, 1.807) is 45.0 Å². The van der Waals surface area contributed by atoms with Gasteiger partial charge in [-0.3, -0.25) is 28.8 Å². The number of benzene rings is 1.